The number of nitrogens with zero attached hydrogens (tertiary/aromatic N) is 2. The first kappa shape index (κ1) is 29.8. The zero-order valence-electron chi connectivity index (χ0n) is 23.0. The lowest BCUT2D eigenvalue weighted by Crippen LogP contribution is -2.45. The van der Waals surface area contributed by atoms with Gasteiger partial charge in [-0.3, -0.25) is 4.79 Å². The van der Waals surface area contributed by atoms with E-state index in [0.717, 1.165) is 10.4 Å². The molecule has 0 radical (unpaired) electrons. The number of benzene rings is 2. The number of rotatable bonds is 15. The largest absolute Gasteiger partial charge is 0.497 e. The average Bonchev–Trinajstić information content (AvgIpc) is 3.47. The minimum Gasteiger partial charge on any atom is -0.497 e. The third-order valence-electron chi connectivity index (χ3n) is 6.11. The number of anilines is 1. The fourth-order valence-electron chi connectivity index (χ4n) is 4.00. The van der Waals surface area contributed by atoms with E-state index in [1.807, 2.05) is 35.7 Å². The number of urea groups is 1. The summed E-state index contributed by atoms with van der Waals surface area (Å²) in [6.07, 6.45) is 1.23. The van der Waals surface area contributed by atoms with Gasteiger partial charge in [-0.05, 0) is 54.1 Å². The summed E-state index contributed by atoms with van der Waals surface area (Å²) >= 11 is 1.60. The Bertz CT molecular complexity index is 1190. The molecule has 39 heavy (non-hydrogen) atoms. The van der Waals surface area contributed by atoms with Crippen molar-refractivity contribution in [1.82, 2.24) is 9.80 Å². The van der Waals surface area contributed by atoms with E-state index in [4.69, 9.17) is 18.9 Å². The van der Waals surface area contributed by atoms with Crippen molar-refractivity contribution in [2.75, 3.05) is 60.0 Å². The van der Waals surface area contributed by atoms with E-state index in [9.17, 15) is 9.59 Å². The van der Waals surface area contributed by atoms with Crippen LogP contribution in [0.15, 0.2) is 60.0 Å². The Labute approximate surface area is 234 Å². The van der Waals surface area contributed by atoms with Crippen LogP contribution in [-0.2, 0) is 22.5 Å². The fourth-order valence-corrected chi connectivity index (χ4v) is 4.72. The van der Waals surface area contributed by atoms with Gasteiger partial charge in [0.1, 0.15) is 12.3 Å². The Hall–Kier alpha value is -3.76. The van der Waals surface area contributed by atoms with Gasteiger partial charge in [0.25, 0.3) is 0 Å². The molecule has 3 rings (SSSR count). The minimum absolute atomic E-state index is 0.0587. The maximum Gasteiger partial charge on any atom is 0.322 e. The Morgan fingerprint density at radius 1 is 0.872 bits per heavy atom. The summed E-state index contributed by atoms with van der Waals surface area (Å²) in [7, 11) is 6.38. The van der Waals surface area contributed by atoms with Crippen molar-refractivity contribution in [2.45, 2.75) is 19.4 Å². The first-order valence-corrected chi connectivity index (χ1v) is 13.5. The summed E-state index contributed by atoms with van der Waals surface area (Å²) in [6, 6.07) is 16.5. The molecule has 0 saturated heterocycles. The lowest BCUT2D eigenvalue weighted by atomic mass is 10.1. The van der Waals surface area contributed by atoms with Crippen molar-refractivity contribution in [3.63, 3.8) is 0 Å². The molecule has 2 aromatic carbocycles. The summed E-state index contributed by atoms with van der Waals surface area (Å²) in [5.74, 6) is 1.79. The molecule has 0 fully saturated rings. The maximum atomic E-state index is 13.6. The van der Waals surface area contributed by atoms with E-state index in [-0.39, 0.29) is 18.5 Å². The van der Waals surface area contributed by atoms with Gasteiger partial charge in [-0.25, -0.2) is 4.79 Å². The molecule has 1 heterocycles. The SMILES string of the molecule is COCCCN(CC(=O)N(CCc1ccc(OC)c(OC)c1)Cc1cccs1)C(=O)Nc1cccc(OC)c1. The first-order valence-electron chi connectivity index (χ1n) is 12.7. The molecule has 1 aromatic heterocycles. The van der Waals surface area contributed by atoms with Crippen molar-refractivity contribution < 1.29 is 28.5 Å². The van der Waals surface area contributed by atoms with Gasteiger partial charge in [0.05, 0.1) is 27.9 Å². The lowest BCUT2D eigenvalue weighted by Gasteiger charge is -2.28. The molecular formula is C29H37N3O6S. The predicted octanol–water partition coefficient (Wildman–Crippen LogP) is 4.92. The maximum absolute atomic E-state index is 13.6. The Kier molecular flexibility index (Phi) is 11.9. The molecule has 0 saturated carbocycles. The second-order valence-corrected chi connectivity index (χ2v) is 9.80. The van der Waals surface area contributed by atoms with E-state index in [2.05, 4.69) is 5.32 Å². The van der Waals surface area contributed by atoms with E-state index in [1.54, 1.807) is 68.9 Å². The number of nitrogens with one attached hydrogen (secondary N) is 1. The highest BCUT2D eigenvalue weighted by atomic mass is 32.1. The number of ether oxygens (including phenoxy) is 4. The fraction of sp³-hybridized carbons (Fsp3) is 0.379. The second-order valence-electron chi connectivity index (χ2n) is 8.76. The normalized spacial score (nSPS) is 10.6. The van der Waals surface area contributed by atoms with Gasteiger partial charge in [-0.1, -0.05) is 18.2 Å². The van der Waals surface area contributed by atoms with E-state index in [0.29, 0.717) is 62.0 Å². The van der Waals surface area contributed by atoms with Crippen LogP contribution < -0.4 is 19.5 Å². The highest BCUT2D eigenvalue weighted by Gasteiger charge is 2.22. The van der Waals surface area contributed by atoms with Gasteiger partial charge in [-0.2, -0.15) is 0 Å². The highest BCUT2D eigenvalue weighted by Crippen LogP contribution is 2.28. The summed E-state index contributed by atoms with van der Waals surface area (Å²) in [5.41, 5.74) is 1.61. The molecule has 0 aliphatic carbocycles. The summed E-state index contributed by atoms with van der Waals surface area (Å²) in [5, 5.41) is 4.88. The molecule has 0 bridgehead atoms. The van der Waals surface area contributed by atoms with Crippen LogP contribution in [0.1, 0.15) is 16.9 Å². The topological polar surface area (TPSA) is 89.6 Å². The Morgan fingerprint density at radius 2 is 1.69 bits per heavy atom. The van der Waals surface area contributed by atoms with E-state index < -0.39 is 0 Å². The third-order valence-corrected chi connectivity index (χ3v) is 6.97. The van der Waals surface area contributed by atoms with E-state index >= 15 is 0 Å². The Balaban J connectivity index is 1.74. The van der Waals surface area contributed by atoms with Gasteiger partial charge in [0.2, 0.25) is 5.91 Å². The van der Waals surface area contributed by atoms with Gasteiger partial charge >= 0.3 is 6.03 Å². The van der Waals surface area contributed by atoms with Crippen molar-refractivity contribution in [3.05, 3.63) is 70.4 Å². The molecule has 9 nitrogen and oxygen atoms in total. The smallest absolute Gasteiger partial charge is 0.322 e. The monoisotopic (exact) mass is 555 g/mol. The number of methoxy groups -OCH3 is 4. The van der Waals surface area contributed by atoms with Crippen LogP contribution in [0, 0.1) is 0 Å². The van der Waals surface area contributed by atoms with Crippen LogP contribution in [0.25, 0.3) is 0 Å². The molecule has 0 spiro atoms. The second kappa shape index (κ2) is 15.6. The minimum atomic E-state index is -0.358. The van der Waals surface area contributed by atoms with Crippen LogP contribution in [0.4, 0.5) is 10.5 Å². The van der Waals surface area contributed by atoms with Gasteiger partial charge in [-0.15, -0.1) is 11.3 Å². The summed E-state index contributed by atoms with van der Waals surface area (Å²) in [6.45, 7) is 1.74. The van der Waals surface area contributed by atoms with Gasteiger partial charge in [0.15, 0.2) is 11.5 Å². The molecule has 0 aliphatic rings. The molecule has 3 aromatic rings. The molecule has 10 heteroatoms. The highest BCUT2D eigenvalue weighted by molar-refractivity contribution is 7.09. The molecule has 3 amide bonds. The van der Waals surface area contributed by atoms with Crippen LogP contribution in [0.5, 0.6) is 17.2 Å². The number of amides is 3. The van der Waals surface area contributed by atoms with Crippen LogP contribution in [0.2, 0.25) is 0 Å². The number of thiophene rings is 1. The van der Waals surface area contributed by atoms with Crippen LogP contribution in [0.3, 0.4) is 0 Å². The molecule has 0 atom stereocenters. The number of hydrogen-bond acceptors (Lipinski definition) is 7. The van der Waals surface area contributed by atoms with Crippen LogP contribution in [-0.4, -0.2) is 76.4 Å². The molecule has 1 N–H and O–H groups in total. The molecule has 0 unspecified atom stereocenters. The number of carbonyl (C=O) groups excluding carboxylic acids is 2. The average molecular weight is 556 g/mol. The lowest BCUT2D eigenvalue weighted by molar-refractivity contribution is -0.132. The molecular weight excluding hydrogens is 518 g/mol. The number of carbonyl (C=O) groups is 2. The quantitative estimate of drug-likeness (QED) is 0.268. The van der Waals surface area contributed by atoms with E-state index in [1.165, 1.54) is 4.90 Å². The van der Waals surface area contributed by atoms with Gasteiger partial charge < -0.3 is 34.1 Å². The standard InChI is InChI=1S/C29H37N3O6S/c1-35-16-7-14-32(29(34)30-23-8-5-9-24(19-23)36-2)21-28(33)31(20-25-10-6-17-39-25)15-13-22-11-12-26(37-3)27(18-22)38-4/h5-6,8-12,17-19H,7,13-16,20-21H2,1-4H3,(H,30,34). The van der Waals surface area contributed by atoms with Crippen molar-refractivity contribution in [1.29, 1.82) is 0 Å². The zero-order valence-corrected chi connectivity index (χ0v) is 23.8. The van der Waals surface area contributed by atoms with Gasteiger partial charge in [0, 0.05) is 43.4 Å². The predicted molar refractivity (Wildman–Crippen MR) is 153 cm³/mol. The van der Waals surface area contributed by atoms with Crippen molar-refractivity contribution in [2.24, 2.45) is 0 Å². The first-order chi connectivity index (χ1) is 19.0. The number of hydrogen-bond donors (Lipinski definition) is 1. The van der Waals surface area contributed by atoms with Crippen LogP contribution >= 0.6 is 11.3 Å². The Morgan fingerprint density at radius 3 is 2.38 bits per heavy atom. The summed E-state index contributed by atoms with van der Waals surface area (Å²) < 4.78 is 21.2. The summed E-state index contributed by atoms with van der Waals surface area (Å²) in [4.78, 5) is 31.3. The third kappa shape index (κ3) is 9.19. The zero-order chi connectivity index (χ0) is 28.0. The molecule has 210 valence electrons. The van der Waals surface area contributed by atoms with Crippen molar-refractivity contribution >= 4 is 29.0 Å². The molecule has 0 aliphatic heterocycles. The van der Waals surface area contributed by atoms with Crippen molar-refractivity contribution in [3.8, 4) is 17.2 Å².